The molecule has 1 rings (SSSR count). The molecule has 7 heteroatoms. The van der Waals surface area contributed by atoms with Gasteiger partial charge in [-0.3, -0.25) is 4.90 Å². The van der Waals surface area contributed by atoms with Gasteiger partial charge in [-0.15, -0.1) is 0 Å². The van der Waals surface area contributed by atoms with Crippen LogP contribution in [0.4, 0.5) is 14.9 Å². The lowest BCUT2D eigenvalue weighted by Gasteiger charge is -2.33. The summed E-state index contributed by atoms with van der Waals surface area (Å²) in [5, 5.41) is 8.77. The third kappa shape index (κ3) is 2.81. The van der Waals surface area contributed by atoms with Gasteiger partial charge in [0.25, 0.3) is 0 Å². The van der Waals surface area contributed by atoms with E-state index in [0.717, 1.165) is 4.90 Å². The molecule has 0 bridgehead atoms. The summed E-state index contributed by atoms with van der Waals surface area (Å²) >= 11 is 5.61. The zero-order valence-electron chi connectivity index (χ0n) is 10.5. The van der Waals surface area contributed by atoms with E-state index in [9.17, 15) is 14.3 Å². The van der Waals surface area contributed by atoms with Gasteiger partial charge in [0, 0.05) is 11.6 Å². The third-order valence-corrected chi connectivity index (χ3v) is 2.44. The molecule has 1 aromatic heterocycles. The van der Waals surface area contributed by atoms with E-state index in [2.05, 4.69) is 4.98 Å². The molecule has 0 spiro atoms. The quantitative estimate of drug-likeness (QED) is 0.843. The van der Waals surface area contributed by atoms with Crippen molar-refractivity contribution in [3.05, 3.63) is 17.0 Å². The molecule has 18 heavy (non-hydrogen) atoms. The van der Waals surface area contributed by atoms with Gasteiger partial charge in [-0.25, -0.2) is 9.18 Å². The van der Waals surface area contributed by atoms with Crippen LogP contribution < -0.4 is 9.64 Å². The number of anilines is 1. The second kappa shape index (κ2) is 4.97. The van der Waals surface area contributed by atoms with Crippen LogP contribution in [0.2, 0.25) is 5.15 Å². The summed E-state index contributed by atoms with van der Waals surface area (Å²) in [6.07, 6.45) is -1.29. The number of ether oxygens (including phenoxy) is 1. The monoisotopic (exact) mass is 276 g/mol. The minimum absolute atomic E-state index is 0.0481. The smallest absolute Gasteiger partial charge is 0.412 e. The summed E-state index contributed by atoms with van der Waals surface area (Å²) in [4.78, 5) is 15.8. The molecule has 0 aromatic carbocycles. The van der Waals surface area contributed by atoms with Crippen LogP contribution in [0.1, 0.15) is 20.8 Å². The third-order valence-electron chi connectivity index (χ3n) is 2.19. The highest BCUT2D eigenvalue weighted by Gasteiger charge is 2.31. The second-order valence-electron chi connectivity index (χ2n) is 4.58. The summed E-state index contributed by atoms with van der Waals surface area (Å²) in [5.74, 6) is -0.846. The average molecular weight is 277 g/mol. The van der Waals surface area contributed by atoms with E-state index in [0.29, 0.717) is 0 Å². The van der Waals surface area contributed by atoms with Crippen LogP contribution >= 0.6 is 11.6 Å². The lowest BCUT2D eigenvalue weighted by Crippen LogP contribution is -2.45. The molecular weight excluding hydrogens is 263 g/mol. The predicted molar refractivity (Wildman–Crippen MR) is 66.0 cm³/mol. The van der Waals surface area contributed by atoms with Gasteiger partial charge in [-0.2, -0.15) is 4.98 Å². The second-order valence-corrected chi connectivity index (χ2v) is 4.94. The van der Waals surface area contributed by atoms with Gasteiger partial charge < -0.3 is 9.84 Å². The first-order chi connectivity index (χ1) is 8.18. The first-order valence-electron chi connectivity index (χ1n) is 5.11. The van der Waals surface area contributed by atoms with Crippen LogP contribution in [0.25, 0.3) is 0 Å². The molecule has 0 aliphatic carbocycles. The summed E-state index contributed by atoms with van der Waals surface area (Å²) in [6.45, 7) is 4.92. The first-order valence-corrected chi connectivity index (χ1v) is 5.49. The summed E-state index contributed by atoms with van der Waals surface area (Å²) < 4.78 is 18.8. The van der Waals surface area contributed by atoms with Crippen molar-refractivity contribution in [3.8, 4) is 5.88 Å². The van der Waals surface area contributed by atoms with E-state index in [4.69, 9.17) is 16.3 Å². The molecule has 100 valence electrons. The molecule has 0 fully saturated rings. The van der Waals surface area contributed by atoms with Crippen molar-refractivity contribution in [2.75, 3.05) is 12.0 Å². The lowest BCUT2D eigenvalue weighted by molar-refractivity contribution is 0.195. The SMILES string of the molecule is COc1cc(N(C(=O)O)C(C)(C)C)c(F)c(Cl)n1. The van der Waals surface area contributed by atoms with Crippen molar-refractivity contribution in [3.63, 3.8) is 0 Å². The van der Waals surface area contributed by atoms with Crippen LogP contribution in [-0.2, 0) is 0 Å². The Morgan fingerprint density at radius 2 is 2.11 bits per heavy atom. The highest BCUT2D eigenvalue weighted by atomic mass is 35.5. The number of pyridine rings is 1. The molecule has 0 radical (unpaired) electrons. The van der Waals surface area contributed by atoms with Crippen molar-refractivity contribution in [1.82, 2.24) is 4.98 Å². The van der Waals surface area contributed by atoms with Crippen LogP contribution in [0, 0.1) is 5.82 Å². The van der Waals surface area contributed by atoms with Crippen molar-refractivity contribution < 1.29 is 19.0 Å². The van der Waals surface area contributed by atoms with Crippen molar-refractivity contribution in [2.45, 2.75) is 26.3 Å². The minimum Gasteiger partial charge on any atom is -0.481 e. The van der Waals surface area contributed by atoms with E-state index >= 15 is 0 Å². The van der Waals surface area contributed by atoms with Crippen molar-refractivity contribution in [1.29, 1.82) is 0 Å². The summed E-state index contributed by atoms with van der Waals surface area (Å²) in [6, 6.07) is 1.20. The van der Waals surface area contributed by atoms with Gasteiger partial charge in [0.2, 0.25) is 5.88 Å². The normalized spacial score (nSPS) is 11.2. The molecular formula is C11H14ClFN2O3. The van der Waals surface area contributed by atoms with Crippen LogP contribution in [-0.4, -0.2) is 28.8 Å². The Balaban J connectivity index is 3.46. The lowest BCUT2D eigenvalue weighted by atomic mass is 10.1. The number of halogens is 2. The average Bonchev–Trinajstić information content (AvgIpc) is 2.21. The Hall–Kier alpha value is -1.56. The van der Waals surface area contributed by atoms with E-state index in [-0.39, 0.29) is 11.6 Å². The fourth-order valence-electron chi connectivity index (χ4n) is 1.48. The summed E-state index contributed by atoms with van der Waals surface area (Å²) in [7, 11) is 1.34. The topological polar surface area (TPSA) is 62.7 Å². The summed E-state index contributed by atoms with van der Waals surface area (Å²) in [5.41, 5.74) is -1.02. The Bertz CT molecular complexity index is 474. The van der Waals surface area contributed by atoms with Gasteiger partial charge in [0.15, 0.2) is 11.0 Å². The first kappa shape index (κ1) is 14.5. The maximum Gasteiger partial charge on any atom is 0.412 e. The van der Waals surface area contributed by atoms with Gasteiger partial charge in [0.05, 0.1) is 12.8 Å². The number of amides is 1. The molecule has 1 N–H and O–H groups in total. The Kier molecular flexibility index (Phi) is 4.01. The molecule has 0 saturated heterocycles. The highest BCUT2D eigenvalue weighted by Crippen LogP contribution is 2.32. The molecule has 0 saturated carbocycles. The number of methoxy groups -OCH3 is 1. The Labute approximate surface area is 109 Å². The number of carbonyl (C=O) groups is 1. The number of aromatic nitrogens is 1. The van der Waals surface area contributed by atoms with Crippen LogP contribution in [0.5, 0.6) is 5.88 Å². The number of hydrogen-bond donors (Lipinski definition) is 1. The predicted octanol–water partition coefficient (Wildman–Crippen LogP) is 3.17. The van der Waals surface area contributed by atoms with E-state index in [1.165, 1.54) is 13.2 Å². The number of hydrogen-bond acceptors (Lipinski definition) is 3. The number of nitrogens with zero attached hydrogens (tertiary/aromatic N) is 2. The van der Waals surface area contributed by atoms with Gasteiger partial charge in [-0.1, -0.05) is 11.6 Å². The van der Waals surface area contributed by atoms with E-state index in [1.807, 2.05) is 0 Å². The number of carboxylic acid groups (broad SMARTS) is 1. The maximum absolute atomic E-state index is 13.9. The fourth-order valence-corrected chi connectivity index (χ4v) is 1.66. The zero-order chi connectivity index (χ0) is 14.1. The molecule has 0 atom stereocenters. The molecule has 0 aliphatic heterocycles. The van der Waals surface area contributed by atoms with Crippen LogP contribution in [0.15, 0.2) is 6.07 Å². The standard InChI is InChI=1S/C11H14ClFN2O3/c1-11(2,3)15(10(16)17)6-5-7(18-4)14-9(12)8(6)13/h5H,1-4H3,(H,16,17). The molecule has 1 aromatic rings. The zero-order valence-corrected chi connectivity index (χ0v) is 11.2. The molecule has 0 unspecified atom stereocenters. The Morgan fingerprint density at radius 3 is 2.50 bits per heavy atom. The van der Waals surface area contributed by atoms with Crippen LogP contribution in [0.3, 0.4) is 0 Å². The molecule has 1 amide bonds. The highest BCUT2D eigenvalue weighted by molar-refractivity contribution is 6.30. The molecule has 5 nitrogen and oxygen atoms in total. The largest absolute Gasteiger partial charge is 0.481 e. The van der Waals surface area contributed by atoms with E-state index < -0.39 is 22.6 Å². The molecule has 0 aliphatic rings. The van der Waals surface area contributed by atoms with Crippen molar-refractivity contribution >= 4 is 23.4 Å². The van der Waals surface area contributed by atoms with Gasteiger partial charge in [-0.05, 0) is 20.8 Å². The Morgan fingerprint density at radius 1 is 1.56 bits per heavy atom. The fraction of sp³-hybridized carbons (Fsp3) is 0.455. The van der Waals surface area contributed by atoms with Crippen molar-refractivity contribution in [2.24, 2.45) is 0 Å². The van der Waals surface area contributed by atoms with Gasteiger partial charge in [0.1, 0.15) is 0 Å². The van der Waals surface area contributed by atoms with Gasteiger partial charge >= 0.3 is 6.09 Å². The maximum atomic E-state index is 13.9. The molecule has 1 heterocycles. The minimum atomic E-state index is -1.29. The van der Waals surface area contributed by atoms with E-state index in [1.54, 1.807) is 20.8 Å². The number of rotatable bonds is 2.